The number of benzene rings is 1. The van der Waals surface area contributed by atoms with E-state index in [0.717, 1.165) is 10.4 Å². The molecule has 2 aromatic heterocycles. The number of ether oxygens (including phenoxy) is 1. The van der Waals surface area contributed by atoms with Crippen LogP contribution in [0.3, 0.4) is 0 Å². The fraction of sp³-hybridized carbons (Fsp3) is 0.158. The van der Waals surface area contributed by atoms with Crippen LogP contribution in [0.15, 0.2) is 52.3 Å². The molecule has 4 nitrogen and oxygen atoms in total. The smallest absolute Gasteiger partial charge is 0.313 e. The molecule has 0 atom stereocenters. The second kappa shape index (κ2) is 7.16. The molecule has 0 N–H and O–H groups in total. The minimum absolute atomic E-state index is 0.00257. The quantitative estimate of drug-likeness (QED) is 0.636. The molecule has 0 radical (unpaired) electrons. The monoisotopic (exact) mass is 337 g/mol. The van der Waals surface area contributed by atoms with Crippen molar-refractivity contribution in [2.24, 2.45) is 0 Å². The first-order valence-electron chi connectivity index (χ1n) is 7.55. The summed E-state index contributed by atoms with van der Waals surface area (Å²) in [7, 11) is 0. The average Bonchev–Trinajstić information content (AvgIpc) is 3.23. The number of nitriles is 1. The van der Waals surface area contributed by atoms with Crippen LogP contribution in [0, 0.1) is 11.3 Å². The summed E-state index contributed by atoms with van der Waals surface area (Å²) in [4.78, 5) is 12.8. The van der Waals surface area contributed by atoms with Crippen molar-refractivity contribution in [1.29, 1.82) is 5.26 Å². The number of esters is 1. The van der Waals surface area contributed by atoms with Crippen LogP contribution in [0.25, 0.3) is 21.8 Å². The first-order chi connectivity index (χ1) is 11.7. The van der Waals surface area contributed by atoms with Gasteiger partial charge in [0.05, 0.1) is 12.2 Å². The Morgan fingerprint density at radius 3 is 2.67 bits per heavy atom. The zero-order valence-corrected chi connectivity index (χ0v) is 13.9. The number of carbonyl (C=O) groups is 1. The molecular formula is C19H15NO3S. The summed E-state index contributed by atoms with van der Waals surface area (Å²) in [6, 6.07) is 15.5. The molecule has 2 heterocycles. The molecule has 0 saturated carbocycles. The van der Waals surface area contributed by atoms with Crippen molar-refractivity contribution in [1.82, 2.24) is 0 Å². The van der Waals surface area contributed by atoms with Crippen LogP contribution in [-0.4, -0.2) is 12.6 Å². The Morgan fingerprint density at radius 2 is 2.04 bits per heavy atom. The minimum atomic E-state index is -0.367. The number of hydrogen-bond donors (Lipinski definition) is 0. The van der Waals surface area contributed by atoms with Gasteiger partial charge >= 0.3 is 5.97 Å². The van der Waals surface area contributed by atoms with Gasteiger partial charge in [0.25, 0.3) is 0 Å². The summed E-state index contributed by atoms with van der Waals surface area (Å²) in [5.41, 5.74) is 1.93. The lowest BCUT2D eigenvalue weighted by Crippen LogP contribution is -2.07. The summed E-state index contributed by atoms with van der Waals surface area (Å²) in [6.07, 6.45) is 0.00257. The molecule has 120 valence electrons. The molecular weight excluding hydrogens is 322 g/mol. The van der Waals surface area contributed by atoms with Gasteiger partial charge in [-0.05, 0) is 18.4 Å². The Bertz CT molecular complexity index is 873. The number of carbonyl (C=O) groups excluding carboxylic acids is 1. The van der Waals surface area contributed by atoms with Crippen LogP contribution >= 0.6 is 11.3 Å². The van der Waals surface area contributed by atoms with E-state index < -0.39 is 0 Å². The van der Waals surface area contributed by atoms with Gasteiger partial charge in [0.1, 0.15) is 23.8 Å². The zero-order valence-electron chi connectivity index (χ0n) is 13.1. The van der Waals surface area contributed by atoms with Crippen LogP contribution in [0.1, 0.15) is 18.2 Å². The van der Waals surface area contributed by atoms with Crippen molar-refractivity contribution >= 4 is 17.3 Å². The van der Waals surface area contributed by atoms with Crippen molar-refractivity contribution in [3.8, 4) is 27.8 Å². The van der Waals surface area contributed by atoms with Gasteiger partial charge < -0.3 is 9.15 Å². The van der Waals surface area contributed by atoms with Gasteiger partial charge in [-0.1, -0.05) is 36.4 Å². The van der Waals surface area contributed by atoms with Gasteiger partial charge in [0.15, 0.2) is 5.76 Å². The first-order valence-corrected chi connectivity index (χ1v) is 8.43. The molecule has 5 heteroatoms. The van der Waals surface area contributed by atoms with Crippen molar-refractivity contribution in [2.75, 3.05) is 6.61 Å². The topological polar surface area (TPSA) is 63.2 Å². The van der Waals surface area contributed by atoms with Gasteiger partial charge in [-0.3, -0.25) is 4.79 Å². The number of nitrogens with zero attached hydrogens (tertiary/aromatic N) is 1. The highest BCUT2D eigenvalue weighted by Gasteiger charge is 2.25. The summed E-state index contributed by atoms with van der Waals surface area (Å²) in [6.45, 7) is 2.07. The molecule has 1 aromatic carbocycles. The van der Waals surface area contributed by atoms with Crippen molar-refractivity contribution in [2.45, 2.75) is 13.3 Å². The summed E-state index contributed by atoms with van der Waals surface area (Å²) < 4.78 is 11.0. The third-order valence-electron chi connectivity index (χ3n) is 3.51. The van der Waals surface area contributed by atoms with Crippen LogP contribution in [0.5, 0.6) is 0 Å². The third kappa shape index (κ3) is 3.10. The van der Waals surface area contributed by atoms with E-state index in [2.05, 4.69) is 6.07 Å². The SMILES string of the molecule is CCOC(=O)Cc1oc(-c2ccccc2)c(C#N)c1-c1cccs1. The zero-order chi connectivity index (χ0) is 16.9. The van der Waals surface area contributed by atoms with E-state index in [9.17, 15) is 10.1 Å². The van der Waals surface area contributed by atoms with Crippen molar-refractivity contribution in [3.63, 3.8) is 0 Å². The van der Waals surface area contributed by atoms with Gasteiger partial charge in [0.2, 0.25) is 0 Å². The maximum Gasteiger partial charge on any atom is 0.313 e. The van der Waals surface area contributed by atoms with Crippen LogP contribution in [0.2, 0.25) is 0 Å². The predicted octanol–water partition coefficient (Wildman–Crippen LogP) is 4.65. The first kappa shape index (κ1) is 16.0. The van der Waals surface area contributed by atoms with Crippen molar-refractivity contribution < 1.29 is 13.9 Å². The molecule has 0 unspecified atom stereocenters. The lowest BCUT2D eigenvalue weighted by molar-refractivity contribution is -0.142. The van der Waals surface area contributed by atoms with E-state index in [1.54, 1.807) is 6.92 Å². The molecule has 24 heavy (non-hydrogen) atoms. The standard InChI is InChI=1S/C19H15NO3S/c1-2-22-17(21)11-15-18(16-9-6-10-24-16)14(12-20)19(23-15)13-7-4-3-5-8-13/h3-10H,2,11H2,1H3. The van der Waals surface area contributed by atoms with Gasteiger partial charge in [-0.15, -0.1) is 11.3 Å². The highest BCUT2D eigenvalue weighted by molar-refractivity contribution is 7.13. The highest BCUT2D eigenvalue weighted by Crippen LogP contribution is 2.39. The molecule has 0 aliphatic rings. The second-order valence-electron chi connectivity index (χ2n) is 5.04. The molecule has 0 aliphatic heterocycles. The second-order valence-corrected chi connectivity index (χ2v) is 5.99. The Morgan fingerprint density at radius 1 is 1.25 bits per heavy atom. The van der Waals surface area contributed by atoms with Gasteiger partial charge in [0, 0.05) is 10.4 Å². The fourth-order valence-electron chi connectivity index (χ4n) is 2.53. The molecule has 3 aromatic rings. The van der Waals surface area contributed by atoms with E-state index in [-0.39, 0.29) is 12.4 Å². The largest absolute Gasteiger partial charge is 0.466 e. The van der Waals surface area contributed by atoms with Crippen LogP contribution in [-0.2, 0) is 16.0 Å². The third-order valence-corrected chi connectivity index (χ3v) is 4.39. The molecule has 0 amide bonds. The number of thiophene rings is 1. The fourth-order valence-corrected chi connectivity index (χ4v) is 3.32. The van der Waals surface area contributed by atoms with Gasteiger partial charge in [-0.25, -0.2) is 0 Å². The predicted molar refractivity (Wildman–Crippen MR) is 92.5 cm³/mol. The number of hydrogen-bond acceptors (Lipinski definition) is 5. The maximum atomic E-state index is 11.9. The molecule has 0 fully saturated rings. The van der Waals surface area contributed by atoms with Crippen LogP contribution < -0.4 is 0 Å². The molecule has 0 spiro atoms. The Labute approximate surface area is 143 Å². The average molecular weight is 337 g/mol. The molecule has 0 aliphatic carbocycles. The van der Waals surface area contributed by atoms with E-state index in [1.807, 2.05) is 47.8 Å². The van der Waals surface area contributed by atoms with E-state index in [0.29, 0.717) is 29.3 Å². The van der Waals surface area contributed by atoms with Crippen LogP contribution in [0.4, 0.5) is 0 Å². The Kier molecular flexibility index (Phi) is 4.78. The minimum Gasteiger partial charge on any atom is -0.466 e. The summed E-state index contributed by atoms with van der Waals surface area (Å²) in [5.74, 6) is 0.584. The lowest BCUT2D eigenvalue weighted by Gasteiger charge is -2.01. The van der Waals surface area contributed by atoms with Gasteiger partial charge in [-0.2, -0.15) is 5.26 Å². The van der Waals surface area contributed by atoms with E-state index >= 15 is 0 Å². The lowest BCUT2D eigenvalue weighted by atomic mass is 10.0. The maximum absolute atomic E-state index is 11.9. The summed E-state index contributed by atoms with van der Waals surface area (Å²) in [5, 5.41) is 11.6. The highest BCUT2D eigenvalue weighted by atomic mass is 32.1. The van der Waals surface area contributed by atoms with Crippen molar-refractivity contribution in [3.05, 3.63) is 59.2 Å². The molecule has 3 rings (SSSR count). The molecule has 0 bridgehead atoms. The Balaban J connectivity index is 2.15. The normalized spacial score (nSPS) is 10.3. The summed E-state index contributed by atoms with van der Waals surface area (Å²) >= 11 is 1.51. The van der Waals surface area contributed by atoms with E-state index in [4.69, 9.17) is 9.15 Å². The van der Waals surface area contributed by atoms with E-state index in [1.165, 1.54) is 11.3 Å². The molecule has 0 saturated heterocycles. The number of furan rings is 1. The number of rotatable bonds is 5. The Hall–Kier alpha value is -2.84.